The fraction of sp³-hybridized carbons (Fsp3) is 0.250. The SMILES string of the molecule is CCN(CC)Cc1nnn(-c2nonc2N)c1C(=O)N/N=C\c1cc(Cl)ccc1OCc1c(Cl)cccc1Cl. The summed E-state index contributed by atoms with van der Waals surface area (Å²) in [6, 6.07) is 10.2. The molecule has 3 N–H and O–H groups in total. The van der Waals surface area contributed by atoms with E-state index in [1.807, 2.05) is 13.8 Å². The molecule has 39 heavy (non-hydrogen) atoms. The van der Waals surface area contributed by atoms with Crippen LogP contribution in [0.4, 0.5) is 5.82 Å². The van der Waals surface area contributed by atoms with E-state index in [-0.39, 0.29) is 23.9 Å². The van der Waals surface area contributed by atoms with E-state index in [9.17, 15) is 4.79 Å². The van der Waals surface area contributed by atoms with Crippen LogP contribution in [0.2, 0.25) is 15.1 Å². The number of benzene rings is 2. The second kappa shape index (κ2) is 12.9. The molecule has 4 aromatic rings. The maximum absolute atomic E-state index is 13.3. The van der Waals surface area contributed by atoms with Crippen LogP contribution in [0.3, 0.4) is 0 Å². The molecule has 2 heterocycles. The van der Waals surface area contributed by atoms with Crippen LogP contribution < -0.4 is 15.9 Å². The number of nitrogens with zero attached hydrogens (tertiary/aromatic N) is 7. The van der Waals surface area contributed by atoms with Crippen LogP contribution in [0.1, 0.15) is 41.2 Å². The van der Waals surface area contributed by atoms with Gasteiger partial charge in [0.1, 0.15) is 18.1 Å². The highest BCUT2D eigenvalue weighted by Crippen LogP contribution is 2.28. The summed E-state index contributed by atoms with van der Waals surface area (Å²) in [6.07, 6.45) is 1.40. The molecule has 0 aliphatic carbocycles. The van der Waals surface area contributed by atoms with Gasteiger partial charge in [-0.15, -0.1) is 5.10 Å². The van der Waals surface area contributed by atoms with Gasteiger partial charge in [0.15, 0.2) is 5.69 Å². The quantitative estimate of drug-likeness (QED) is 0.191. The lowest BCUT2D eigenvalue weighted by molar-refractivity contribution is 0.0945. The number of amides is 1. The van der Waals surface area contributed by atoms with Gasteiger partial charge in [-0.25, -0.2) is 10.1 Å². The second-order valence-corrected chi connectivity index (χ2v) is 9.35. The van der Waals surface area contributed by atoms with Crippen molar-refractivity contribution < 1.29 is 14.2 Å². The number of hydrogen-bond donors (Lipinski definition) is 2. The molecule has 0 spiro atoms. The van der Waals surface area contributed by atoms with Crippen LogP contribution in [-0.4, -0.2) is 55.4 Å². The summed E-state index contributed by atoms with van der Waals surface area (Å²) in [6.45, 7) is 5.96. The minimum absolute atomic E-state index is 0.0335. The Hall–Kier alpha value is -3.71. The van der Waals surface area contributed by atoms with Crippen molar-refractivity contribution in [3.05, 3.63) is 74.0 Å². The smallest absolute Gasteiger partial charge is 0.292 e. The number of ether oxygens (including phenoxy) is 1. The molecular weight excluding hydrogens is 569 g/mol. The van der Waals surface area contributed by atoms with E-state index in [0.717, 1.165) is 17.8 Å². The van der Waals surface area contributed by atoms with Crippen molar-refractivity contribution in [2.24, 2.45) is 5.10 Å². The minimum Gasteiger partial charge on any atom is -0.488 e. The normalized spacial score (nSPS) is 11.4. The Balaban J connectivity index is 1.57. The van der Waals surface area contributed by atoms with Gasteiger partial charge in [-0.05, 0) is 53.7 Å². The summed E-state index contributed by atoms with van der Waals surface area (Å²) >= 11 is 18.7. The second-order valence-electron chi connectivity index (χ2n) is 8.10. The summed E-state index contributed by atoms with van der Waals surface area (Å²) in [5.41, 5.74) is 9.95. The molecule has 204 valence electrons. The molecule has 0 saturated carbocycles. The molecule has 0 aliphatic rings. The highest BCUT2D eigenvalue weighted by molar-refractivity contribution is 6.36. The van der Waals surface area contributed by atoms with E-state index in [4.69, 9.17) is 45.3 Å². The lowest BCUT2D eigenvalue weighted by Crippen LogP contribution is -2.27. The van der Waals surface area contributed by atoms with Crippen molar-refractivity contribution in [3.63, 3.8) is 0 Å². The number of aromatic nitrogens is 5. The van der Waals surface area contributed by atoms with Gasteiger partial charge in [-0.2, -0.15) is 9.78 Å². The average Bonchev–Trinajstić information content (AvgIpc) is 3.53. The monoisotopic (exact) mass is 591 g/mol. The summed E-state index contributed by atoms with van der Waals surface area (Å²) in [5.74, 6) is -0.172. The molecule has 2 aromatic carbocycles. The van der Waals surface area contributed by atoms with Gasteiger partial charge in [0.05, 0.1) is 6.21 Å². The zero-order chi connectivity index (χ0) is 27.9. The number of hydrogen-bond acceptors (Lipinski definition) is 10. The Bertz CT molecular complexity index is 1460. The summed E-state index contributed by atoms with van der Waals surface area (Å²) in [5, 5.41) is 21.0. The third-order valence-corrected chi connectivity index (χ3v) is 6.64. The Labute approximate surface area is 238 Å². The van der Waals surface area contributed by atoms with Crippen molar-refractivity contribution >= 4 is 52.7 Å². The number of carbonyl (C=O) groups is 1. The van der Waals surface area contributed by atoms with E-state index in [1.54, 1.807) is 36.4 Å². The molecule has 0 unspecified atom stereocenters. The van der Waals surface area contributed by atoms with Gasteiger partial charge in [-0.1, -0.05) is 59.9 Å². The Morgan fingerprint density at radius 1 is 1.18 bits per heavy atom. The van der Waals surface area contributed by atoms with Crippen LogP contribution >= 0.6 is 34.8 Å². The molecule has 0 aliphatic heterocycles. The van der Waals surface area contributed by atoms with Crippen molar-refractivity contribution in [3.8, 4) is 11.6 Å². The van der Waals surface area contributed by atoms with Crippen molar-refractivity contribution in [1.29, 1.82) is 0 Å². The lowest BCUT2D eigenvalue weighted by Gasteiger charge is -2.16. The summed E-state index contributed by atoms with van der Waals surface area (Å²) in [7, 11) is 0. The molecule has 0 atom stereocenters. The first kappa shape index (κ1) is 28.3. The molecule has 0 fully saturated rings. The van der Waals surface area contributed by atoms with E-state index in [0.29, 0.717) is 44.2 Å². The van der Waals surface area contributed by atoms with Gasteiger partial charge < -0.3 is 10.5 Å². The molecule has 15 heteroatoms. The number of nitrogens with one attached hydrogen (secondary N) is 1. The van der Waals surface area contributed by atoms with Crippen LogP contribution in [-0.2, 0) is 13.2 Å². The number of nitrogen functional groups attached to an aromatic ring is 1. The molecular formula is C24H24Cl3N9O3. The average molecular weight is 593 g/mol. The maximum atomic E-state index is 13.3. The van der Waals surface area contributed by atoms with E-state index in [2.05, 4.69) is 40.7 Å². The first-order chi connectivity index (χ1) is 18.8. The highest BCUT2D eigenvalue weighted by Gasteiger charge is 2.25. The molecule has 4 rings (SSSR count). The molecule has 1 amide bonds. The number of rotatable bonds is 11. The van der Waals surface area contributed by atoms with Crippen LogP contribution in [0, 0.1) is 0 Å². The Morgan fingerprint density at radius 2 is 1.92 bits per heavy atom. The summed E-state index contributed by atoms with van der Waals surface area (Å²) in [4.78, 5) is 15.4. The predicted octanol–water partition coefficient (Wildman–Crippen LogP) is 4.38. The highest BCUT2D eigenvalue weighted by atomic mass is 35.5. The number of nitrogens with two attached hydrogens (primary N) is 1. The molecule has 0 saturated heterocycles. The van der Waals surface area contributed by atoms with Crippen molar-refractivity contribution in [1.82, 2.24) is 35.6 Å². The van der Waals surface area contributed by atoms with Gasteiger partial charge >= 0.3 is 0 Å². The Kier molecular flexibility index (Phi) is 9.36. The van der Waals surface area contributed by atoms with Crippen LogP contribution in [0.15, 0.2) is 46.1 Å². The number of carbonyl (C=O) groups excluding carboxylic acids is 1. The molecule has 0 bridgehead atoms. The Morgan fingerprint density at radius 3 is 2.59 bits per heavy atom. The standard InChI is InChI=1S/C24H24Cl3N9O3/c1-3-35(4-2)12-19-21(36(34-30-19)23-22(28)32-39-33-23)24(37)31-29-11-14-10-15(25)8-9-20(14)38-13-16-17(26)6-5-7-18(16)27/h5-11H,3-4,12-13H2,1-2H3,(H2,28,32)(H,31,37)/b29-11-. The number of halogens is 3. The van der Waals surface area contributed by atoms with E-state index in [1.165, 1.54) is 6.21 Å². The first-order valence-electron chi connectivity index (χ1n) is 11.8. The predicted molar refractivity (Wildman–Crippen MR) is 148 cm³/mol. The first-order valence-corrected chi connectivity index (χ1v) is 12.9. The summed E-state index contributed by atoms with van der Waals surface area (Å²) < 4.78 is 11.8. The van der Waals surface area contributed by atoms with Crippen LogP contribution in [0.25, 0.3) is 5.82 Å². The van der Waals surface area contributed by atoms with Gasteiger partial charge in [0.2, 0.25) is 11.6 Å². The van der Waals surface area contributed by atoms with E-state index < -0.39 is 5.91 Å². The topological polar surface area (TPSA) is 150 Å². The van der Waals surface area contributed by atoms with Crippen molar-refractivity contribution in [2.75, 3.05) is 18.8 Å². The molecule has 2 aromatic heterocycles. The van der Waals surface area contributed by atoms with Gasteiger partial charge in [-0.3, -0.25) is 9.69 Å². The number of anilines is 1. The maximum Gasteiger partial charge on any atom is 0.292 e. The molecule has 12 nitrogen and oxygen atoms in total. The minimum atomic E-state index is -0.604. The largest absolute Gasteiger partial charge is 0.488 e. The lowest BCUT2D eigenvalue weighted by atomic mass is 10.2. The zero-order valence-corrected chi connectivity index (χ0v) is 23.2. The molecule has 0 radical (unpaired) electrons. The fourth-order valence-electron chi connectivity index (χ4n) is 3.58. The van der Waals surface area contributed by atoms with Crippen LogP contribution in [0.5, 0.6) is 5.75 Å². The third-order valence-electron chi connectivity index (χ3n) is 5.69. The zero-order valence-electron chi connectivity index (χ0n) is 20.9. The third kappa shape index (κ3) is 6.66. The van der Waals surface area contributed by atoms with E-state index >= 15 is 0 Å². The van der Waals surface area contributed by atoms with Gasteiger partial charge in [0, 0.05) is 32.7 Å². The fourth-order valence-corrected chi connectivity index (χ4v) is 4.26. The van der Waals surface area contributed by atoms with Crippen molar-refractivity contribution in [2.45, 2.75) is 27.0 Å². The van der Waals surface area contributed by atoms with Gasteiger partial charge in [0.25, 0.3) is 5.91 Å². The number of hydrazone groups is 1.